The Morgan fingerprint density at radius 3 is 2.67 bits per heavy atom. The van der Waals surface area contributed by atoms with E-state index in [1.54, 1.807) is 12.1 Å². The lowest BCUT2D eigenvalue weighted by Crippen LogP contribution is -2.48. The fraction of sp³-hybridized carbons (Fsp3) is 0.524. The van der Waals surface area contributed by atoms with Gasteiger partial charge < -0.3 is 19.6 Å². The minimum atomic E-state index is -0.473. The number of nitrogens with one attached hydrogen (secondary N) is 1. The maximum atomic E-state index is 12.9. The highest BCUT2D eigenvalue weighted by Crippen LogP contribution is 2.10. The Bertz CT molecular complexity index is 791. The Hall–Kier alpha value is -2.33. The van der Waals surface area contributed by atoms with Gasteiger partial charge in [0.2, 0.25) is 5.89 Å². The molecule has 9 heteroatoms. The number of oxazole rings is 1. The first-order valence-electron chi connectivity index (χ1n) is 10.2. The number of hydrogen-bond acceptors (Lipinski definition) is 7. The third kappa shape index (κ3) is 6.88. The number of aliphatic hydroxyl groups excluding tert-OH is 1. The topological polar surface area (TPSA) is 91.1 Å². The molecule has 1 aliphatic rings. The van der Waals surface area contributed by atoms with Crippen LogP contribution >= 0.6 is 0 Å². The minimum Gasteiger partial charge on any atom is -0.447 e. The van der Waals surface area contributed by atoms with Gasteiger partial charge in [-0.25, -0.2) is 9.37 Å². The lowest BCUT2D eigenvalue weighted by atomic mass is 10.2. The molecule has 0 spiro atoms. The van der Waals surface area contributed by atoms with Gasteiger partial charge in [-0.15, -0.1) is 0 Å². The molecule has 0 bridgehead atoms. The van der Waals surface area contributed by atoms with Crippen molar-refractivity contribution in [2.24, 2.45) is 0 Å². The maximum absolute atomic E-state index is 12.9. The molecule has 1 aromatic heterocycles. The van der Waals surface area contributed by atoms with Crippen LogP contribution in [0, 0.1) is 5.82 Å². The van der Waals surface area contributed by atoms with E-state index in [-0.39, 0.29) is 17.4 Å². The van der Waals surface area contributed by atoms with Crippen LogP contribution in [-0.4, -0.2) is 77.8 Å². The number of piperazine rings is 1. The first-order valence-corrected chi connectivity index (χ1v) is 10.2. The summed E-state index contributed by atoms with van der Waals surface area (Å²) in [4.78, 5) is 20.9. The first kappa shape index (κ1) is 22.4. The van der Waals surface area contributed by atoms with E-state index in [0.717, 1.165) is 31.7 Å². The monoisotopic (exact) mass is 420 g/mol. The molecule has 30 heavy (non-hydrogen) atoms. The number of carbonyl (C=O) groups excluding carboxylic acids is 1. The molecule has 1 aliphatic heterocycles. The number of halogens is 1. The van der Waals surface area contributed by atoms with Crippen molar-refractivity contribution in [3.63, 3.8) is 0 Å². The van der Waals surface area contributed by atoms with Gasteiger partial charge in [0.25, 0.3) is 5.91 Å². The standard InChI is InChI=1S/C21H29FN4O4/c1-2-29-14-18(27)12-25-7-9-26(10-8-25)13-20-24-19(15-30-20)21(28)23-11-16-3-5-17(22)6-4-16/h3-6,15,18,27H,2,7-14H2,1H3,(H,23,28)/t18-/m1/s1. The van der Waals surface area contributed by atoms with Crippen molar-refractivity contribution in [1.82, 2.24) is 20.1 Å². The third-order valence-electron chi connectivity index (χ3n) is 4.96. The van der Waals surface area contributed by atoms with Gasteiger partial charge in [-0.05, 0) is 24.6 Å². The molecule has 1 saturated heterocycles. The molecule has 2 heterocycles. The third-order valence-corrected chi connectivity index (χ3v) is 4.96. The molecule has 2 aromatic rings. The summed E-state index contributed by atoms with van der Waals surface area (Å²) in [6, 6.07) is 5.96. The smallest absolute Gasteiger partial charge is 0.273 e. The predicted molar refractivity (Wildman–Crippen MR) is 108 cm³/mol. The van der Waals surface area contributed by atoms with E-state index in [1.807, 2.05) is 6.92 Å². The van der Waals surface area contributed by atoms with Gasteiger partial charge in [0, 0.05) is 45.9 Å². The lowest BCUT2D eigenvalue weighted by Gasteiger charge is -2.34. The van der Waals surface area contributed by atoms with Gasteiger partial charge >= 0.3 is 0 Å². The molecule has 164 valence electrons. The molecule has 0 saturated carbocycles. The molecule has 0 radical (unpaired) electrons. The second-order valence-electron chi connectivity index (χ2n) is 7.33. The maximum Gasteiger partial charge on any atom is 0.273 e. The summed E-state index contributed by atoms with van der Waals surface area (Å²) in [5, 5.41) is 12.7. The number of carbonyl (C=O) groups is 1. The number of aromatic nitrogens is 1. The zero-order valence-corrected chi connectivity index (χ0v) is 17.2. The Balaban J connectivity index is 1.40. The zero-order valence-electron chi connectivity index (χ0n) is 17.2. The molecule has 0 aliphatic carbocycles. The number of amides is 1. The van der Waals surface area contributed by atoms with E-state index >= 15 is 0 Å². The fourth-order valence-electron chi connectivity index (χ4n) is 3.29. The normalized spacial score (nSPS) is 16.5. The summed E-state index contributed by atoms with van der Waals surface area (Å²) >= 11 is 0. The van der Waals surface area contributed by atoms with Gasteiger partial charge in [-0.1, -0.05) is 12.1 Å². The number of rotatable bonds is 10. The SMILES string of the molecule is CCOC[C@H](O)CN1CCN(Cc2nc(C(=O)NCc3ccc(F)cc3)co2)CC1. The van der Waals surface area contributed by atoms with Crippen LogP contribution in [0.25, 0.3) is 0 Å². The van der Waals surface area contributed by atoms with Gasteiger partial charge in [-0.3, -0.25) is 14.6 Å². The molecule has 1 fully saturated rings. The van der Waals surface area contributed by atoms with Crippen LogP contribution in [0.5, 0.6) is 0 Å². The van der Waals surface area contributed by atoms with E-state index < -0.39 is 6.10 Å². The van der Waals surface area contributed by atoms with E-state index in [1.165, 1.54) is 18.4 Å². The highest BCUT2D eigenvalue weighted by molar-refractivity contribution is 5.91. The van der Waals surface area contributed by atoms with Gasteiger partial charge in [0.05, 0.1) is 19.3 Å². The highest BCUT2D eigenvalue weighted by Gasteiger charge is 2.21. The molecule has 1 amide bonds. The second-order valence-corrected chi connectivity index (χ2v) is 7.33. The summed E-state index contributed by atoms with van der Waals surface area (Å²) in [7, 11) is 0. The van der Waals surface area contributed by atoms with Crippen LogP contribution in [0.15, 0.2) is 34.9 Å². The largest absolute Gasteiger partial charge is 0.447 e. The molecule has 2 N–H and O–H groups in total. The molecule has 1 atom stereocenters. The van der Waals surface area contributed by atoms with E-state index in [9.17, 15) is 14.3 Å². The van der Waals surface area contributed by atoms with Crippen molar-refractivity contribution in [3.8, 4) is 0 Å². The number of β-amino-alcohol motifs (C(OH)–C–C–N with tert-alkyl or cyclic N) is 1. The number of nitrogens with zero attached hydrogens (tertiary/aromatic N) is 3. The predicted octanol–water partition coefficient (Wildman–Crippen LogP) is 1.26. The van der Waals surface area contributed by atoms with E-state index in [2.05, 4.69) is 20.1 Å². The quantitative estimate of drug-likeness (QED) is 0.598. The average Bonchev–Trinajstić information content (AvgIpc) is 3.21. The summed E-state index contributed by atoms with van der Waals surface area (Å²) in [6.45, 7) is 7.64. The molecular formula is C21H29FN4O4. The highest BCUT2D eigenvalue weighted by atomic mass is 19.1. The van der Waals surface area contributed by atoms with Crippen molar-refractivity contribution in [3.05, 3.63) is 53.5 Å². The minimum absolute atomic E-state index is 0.227. The zero-order chi connectivity index (χ0) is 21.3. The molecular weight excluding hydrogens is 391 g/mol. The summed E-state index contributed by atoms with van der Waals surface area (Å²) in [5.74, 6) is -0.150. The Morgan fingerprint density at radius 1 is 1.27 bits per heavy atom. The molecule has 1 aromatic carbocycles. The van der Waals surface area contributed by atoms with E-state index in [0.29, 0.717) is 38.7 Å². The van der Waals surface area contributed by atoms with Gasteiger partial charge in [-0.2, -0.15) is 0 Å². The van der Waals surface area contributed by atoms with Gasteiger partial charge in [0.1, 0.15) is 12.1 Å². The summed E-state index contributed by atoms with van der Waals surface area (Å²) in [6.07, 6.45) is 0.884. The van der Waals surface area contributed by atoms with Crippen LogP contribution in [0.4, 0.5) is 4.39 Å². The van der Waals surface area contributed by atoms with Crippen LogP contribution in [0.1, 0.15) is 28.9 Å². The van der Waals surface area contributed by atoms with Crippen molar-refractivity contribution in [2.45, 2.75) is 26.1 Å². The second kappa shape index (κ2) is 11.2. The Labute approximate surface area is 175 Å². The number of hydrogen-bond donors (Lipinski definition) is 2. The Morgan fingerprint density at radius 2 is 1.97 bits per heavy atom. The molecule has 8 nitrogen and oxygen atoms in total. The number of benzene rings is 1. The van der Waals surface area contributed by atoms with Gasteiger partial charge in [0.15, 0.2) is 5.69 Å². The number of ether oxygens (including phenoxy) is 1. The summed E-state index contributed by atoms with van der Waals surface area (Å²) < 4.78 is 23.6. The lowest BCUT2D eigenvalue weighted by molar-refractivity contribution is 0.00949. The fourth-order valence-corrected chi connectivity index (χ4v) is 3.29. The van der Waals surface area contributed by atoms with E-state index in [4.69, 9.17) is 9.15 Å². The Kier molecular flexibility index (Phi) is 8.32. The summed E-state index contributed by atoms with van der Waals surface area (Å²) in [5.41, 5.74) is 1.03. The van der Waals surface area contributed by atoms with Crippen molar-refractivity contribution in [2.75, 3.05) is 45.9 Å². The van der Waals surface area contributed by atoms with Crippen molar-refractivity contribution >= 4 is 5.91 Å². The van der Waals surface area contributed by atoms with Crippen LogP contribution < -0.4 is 5.32 Å². The van der Waals surface area contributed by atoms with Crippen LogP contribution in [0.2, 0.25) is 0 Å². The van der Waals surface area contributed by atoms with Crippen LogP contribution in [-0.2, 0) is 17.8 Å². The van der Waals surface area contributed by atoms with Crippen molar-refractivity contribution < 1.29 is 23.4 Å². The molecule has 3 rings (SSSR count). The number of aliphatic hydroxyl groups is 1. The molecule has 0 unspecified atom stereocenters. The van der Waals surface area contributed by atoms with Crippen LogP contribution in [0.3, 0.4) is 0 Å². The van der Waals surface area contributed by atoms with Crippen molar-refractivity contribution in [1.29, 1.82) is 0 Å². The first-order chi connectivity index (χ1) is 14.5. The average molecular weight is 420 g/mol.